The molecule has 2 aliphatic rings. The molecule has 0 saturated heterocycles. The van der Waals surface area contributed by atoms with Crippen LogP contribution in [0.3, 0.4) is 0 Å². The summed E-state index contributed by atoms with van der Waals surface area (Å²) in [5.41, 5.74) is 2.48. The molecule has 0 radical (unpaired) electrons. The van der Waals surface area contributed by atoms with Crippen LogP contribution in [0.1, 0.15) is 48.6 Å². The third-order valence-corrected chi connectivity index (χ3v) is 3.89. The summed E-state index contributed by atoms with van der Waals surface area (Å²) in [5.74, 6) is 1.90. The number of para-hydroxylation sites is 1. The highest BCUT2D eigenvalue weighted by atomic mass is 79.9. The van der Waals surface area contributed by atoms with Crippen molar-refractivity contribution in [3.63, 3.8) is 0 Å². The summed E-state index contributed by atoms with van der Waals surface area (Å²) in [4.78, 5) is 11.5. The van der Waals surface area contributed by atoms with E-state index in [1.165, 1.54) is 36.8 Å². The van der Waals surface area contributed by atoms with Crippen molar-refractivity contribution in [1.82, 2.24) is 0 Å². The Kier molecular flexibility index (Phi) is 2.95. The normalized spacial score (nSPS) is 19.1. The van der Waals surface area contributed by atoms with E-state index in [0.717, 1.165) is 5.75 Å². The lowest BCUT2D eigenvalue weighted by molar-refractivity contribution is -0.131. The van der Waals surface area contributed by atoms with Gasteiger partial charge in [0.1, 0.15) is 11.1 Å². The Labute approximate surface area is 109 Å². The van der Waals surface area contributed by atoms with Gasteiger partial charge in [0, 0.05) is 0 Å². The van der Waals surface area contributed by atoms with Crippen molar-refractivity contribution in [2.24, 2.45) is 0 Å². The zero-order valence-corrected chi connectivity index (χ0v) is 11.2. The summed E-state index contributed by atoms with van der Waals surface area (Å²) in [7, 11) is 0. The molecule has 2 aliphatic carbocycles. The Morgan fingerprint density at radius 1 is 1.18 bits per heavy atom. The first-order chi connectivity index (χ1) is 8.29. The molecule has 1 aromatic carbocycles. The second kappa shape index (κ2) is 4.45. The second-order valence-corrected chi connectivity index (χ2v) is 5.48. The molecule has 0 heterocycles. The molecule has 2 saturated carbocycles. The van der Waals surface area contributed by atoms with E-state index in [2.05, 4.69) is 34.1 Å². The molecule has 0 atom stereocenters. The highest BCUT2D eigenvalue weighted by molar-refractivity contribution is 9.09. The summed E-state index contributed by atoms with van der Waals surface area (Å²) >= 11 is 3.15. The molecule has 0 spiro atoms. The van der Waals surface area contributed by atoms with Gasteiger partial charge in [0.25, 0.3) is 0 Å². The molecule has 1 aromatic rings. The number of ether oxygens (including phenoxy) is 1. The molecule has 0 N–H and O–H groups in total. The van der Waals surface area contributed by atoms with Gasteiger partial charge in [-0.3, -0.25) is 4.79 Å². The summed E-state index contributed by atoms with van der Waals surface area (Å²) < 4.78 is 5.54. The zero-order chi connectivity index (χ0) is 11.8. The highest BCUT2D eigenvalue weighted by Crippen LogP contribution is 2.50. The smallest absolute Gasteiger partial charge is 0.321 e. The first kappa shape index (κ1) is 11.3. The lowest BCUT2D eigenvalue weighted by Gasteiger charge is -2.13. The van der Waals surface area contributed by atoms with Crippen molar-refractivity contribution in [1.29, 1.82) is 0 Å². The number of hydrogen-bond donors (Lipinski definition) is 0. The van der Waals surface area contributed by atoms with Crippen LogP contribution in [0.15, 0.2) is 18.2 Å². The van der Waals surface area contributed by atoms with Gasteiger partial charge in [0.15, 0.2) is 0 Å². The molecule has 0 bridgehead atoms. The van der Waals surface area contributed by atoms with E-state index in [1.54, 1.807) is 0 Å². The van der Waals surface area contributed by atoms with Crippen LogP contribution < -0.4 is 4.74 Å². The van der Waals surface area contributed by atoms with Crippen LogP contribution in [0.5, 0.6) is 5.75 Å². The molecule has 2 nitrogen and oxygen atoms in total. The fourth-order valence-corrected chi connectivity index (χ4v) is 2.38. The van der Waals surface area contributed by atoms with Crippen LogP contribution >= 0.6 is 15.9 Å². The number of rotatable bonds is 4. The molecule has 3 rings (SSSR count). The first-order valence-electron chi connectivity index (χ1n) is 6.19. The van der Waals surface area contributed by atoms with Gasteiger partial charge in [-0.2, -0.15) is 0 Å². The van der Waals surface area contributed by atoms with Gasteiger partial charge in [-0.05, 0) is 48.6 Å². The van der Waals surface area contributed by atoms with Gasteiger partial charge in [-0.15, -0.1) is 0 Å². The lowest BCUT2D eigenvalue weighted by Crippen LogP contribution is -2.11. The standard InChI is InChI=1S/C14H15BrO2/c15-8-13(16)17-14-11(9-4-5-9)2-1-3-12(14)10-6-7-10/h1-3,9-10H,4-8H2. The van der Waals surface area contributed by atoms with Crippen molar-refractivity contribution < 1.29 is 9.53 Å². The van der Waals surface area contributed by atoms with E-state index in [9.17, 15) is 4.79 Å². The van der Waals surface area contributed by atoms with Crippen LogP contribution in [0.25, 0.3) is 0 Å². The Hall–Kier alpha value is -0.830. The Morgan fingerprint density at radius 2 is 1.71 bits per heavy atom. The van der Waals surface area contributed by atoms with Crippen molar-refractivity contribution >= 4 is 21.9 Å². The number of hydrogen-bond acceptors (Lipinski definition) is 2. The minimum absolute atomic E-state index is 0.194. The van der Waals surface area contributed by atoms with E-state index in [1.807, 2.05) is 0 Å². The zero-order valence-electron chi connectivity index (χ0n) is 9.62. The Morgan fingerprint density at radius 3 is 2.12 bits per heavy atom. The van der Waals surface area contributed by atoms with Crippen LogP contribution in [-0.4, -0.2) is 11.3 Å². The quantitative estimate of drug-likeness (QED) is 0.480. The third-order valence-electron chi connectivity index (χ3n) is 3.44. The fraction of sp³-hybridized carbons (Fsp3) is 0.500. The van der Waals surface area contributed by atoms with E-state index >= 15 is 0 Å². The number of carbonyl (C=O) groups excluding carboxylic acids is 1. The number of halogens is 1. The molecule has 0 aliphatic heterocycles. The molecule has 0 unspecified atom stereocenters. The molecule has 2 fully saturated rings. The minimum Gasteiger partial charge on any atom is -0.425 e. The first-order valence-corrected chi connectivity index (χ1v) is 7.31. The molecule has 0 aromatic heterocycles. The van der Waals surface area contributed by atoms with Gasteiger partial charge in [0.2, 0.25) is 0 Å². The van der Waals surface area contributed by atoms with Gasteiger partial charge < -0.3 is 4.74 Å². The predicted molar refractivity (Wildman–Crippen MR) is 69.8 cm³/mol. The van der Waals surface area contributed by atoms with E-state index < -0.39 is 0 Å². The van der Waals surface area contributed by atoms with Gasteiger partial charge >= 0.3 is 5.97 Å². The van der Waals surface area contributed by atoms with Gasteiger partial charge in [0.05, 0.1) is 0 Å². The van der Waals surface area contributed by atoms with Gasteiger partial charge in [-0.25, -0.2) is 0 Å². The lowest BCUT2D eigenvalue weighted by atomic mass is 10.0. The minimum atomic E-state index is -0.194. The summed E-state index contributed by atoms with van der Waals surface area (Å²) in [6.45, 7) is 0. The summed E-state index contributed by atoms with van der Waals surface area (Å²) in [6, 6.07) is 6.33. The van der Waals surface area contributed by atoms with Gasteiger partial charge in [-0.1, -0.05) is 34.1 Å². The van der Waals surface area contributed by atoms with Crippen molar-refractivity contribution in [3.8, 4) is 5.75 Å². The van der Waals surface area contributed by atoms with Crippen molar-refractivity contribution in [2.45, 2.75) is 37.5 Å². The van der Waals surface area contributed by atoms with E-state index in [-0.39, 0.29) is 11.3 Å². The Bertz CT molecular complexity index is 417. The molecule has 17 heavy (non-hydrogen) atoms. The number of esters is 1. The van der Waals surface area contributed by atoms with Crippen LogP contribution in [0.2, 0.25) is 0 Å². The van der Waals surface area contributed by atoms with E-state index in [0.29, 0.717) is 11.8 Å². The molecule has 3 heteroatoms. The maximum Gasteiger partial charge on any atom is 0.321 e. The topological polar surface area (TPSA) is 26.3 Å². The maximum absolute atomic E-state index is 11.5. The molecular weight excluding hydrogens is 280 g/mol. The van der Waals surface area contributed by atoms with Crippen LogP contribution in [-0.2, 0) is 4.79 Å². The molecule has 0 amide bonds. The average Bonchev–Trinajstić information content (AvgIpc) is 3.18. The largest absolute Gasteiger partial charge is 0.425 e. The average molecular weight is 295 g/mol. The monoisotopic (exact) mass is 294 g/mol. The number of alkyl halides is 1. The van der Waals surface area contributed by atoms with Crippen molar-refractivity contribution in [2.75, 3.05) is 5.33 Å². The van der Waals surface area contributed by atoms with E-state index in [4.69, 9.17) is 4.74 Å². The summed E-state index contributed by atoms with van der Waals surface area (Å²) in [6.07, 6.45) is 4.92. The van der Waals surface area contributed by atoms with Crippen LogP contribution in [0.4, 0.5) is 0 Å². The second-order valence-electron chi connectivity index (χ2n) is 4.92. The van der Waals surface area contributed by atoms with Crippen molar-refractivity contribution in [3.05, 3.63) is 29.3 Å². The molecular formula is C14H15BrO2. The Balaban J connectivity index is 1.96. The SMILES string of the molecule is O=C(CBr)Oc1c(C2CC2)cccc1C1CC1. The van der Waals surface area contributed by atoms with Crippen LogP contribution in [0, 0.1) is 0 Å². The third kappa shape index (κ3) is 2.39. The molecule has 90 valence electrons. The highest BCUT2D eigenvalue weighted by Gasteiger charge is 2.33. The number of benzene rings is 1. The summed E-state index contributed by atoms with van der Waals surface area (Å²) in [5, 5.41) is 0.260. The fourth-order valence-electron chi connectivity index (χ4n) is 2.26. The predicted octanol–water partition coefficient (Wildman–Crippen LogP) is 3.74. The number of carbonyl (C=O) groups is 1. The maximum atomic E-state index is 11.5.